The first-order chi connectivity index (χ1) is 9.69. The minimum absolute atomic E-state index is 0.107. The SMILES string of the molecule is CCNC(=O)CCSc1nc(-c2ccc(C)cc2)cs1. The molecule has 0 radical (unpaired) electrons. The lowest BCUT2D eigenvalue weighted by Crippen LogP contribution is -2.22. The number of carbonyl (C=O) groups is 1. The number of amides is 1. The van der Waals surface area contributed by atoms with Crippen molar-refractivity contribution in [3.63, 3.8) is 0 Å². The van der Waals surface area contributed by atoms with E-state index in [4.69, 9.17) is 0 Å². The standard InChI is InChI=1S/C15H18N2OS2/c1-3-16-14(18)8-9-19-15-17-13(10-20-15)12-6-4-11(2)5-7-12/h4-7,10H,3,8-9H2,1-2H3,(H,16,18). The fraction of sp³-hybridized carbons (Fsp3) is 0.333. The molecule has 0 saturated carbocycles. The van der Waals surface area contributed by atoms with Crippen molar-refractivity contribution in [3.05, 3.63) is 35.2 Å². The second-order valence-electron chi connectivity index (χ2n) is 4.42. The molecular weight excluding hydrogens is 288 g/mol. The number of nitrogens with one attached hydrogen (secondary N) is 1. The Labute approximate surface area is 127 Å². The average Bonchev–Trinajstić information content (AvgIpc) is 2.89. The number of nitrogens with zero attached hydrogens (tertiary/aromatic N) is 1. The molecule has 0 atom stereocenters. The van der Waals surface area contributed by atoms with Crippen molar-refractivity contribution in [1.82, 2.24) is 10.3 Å². The van der Waals surface area contributed by atoms with Crippen LogP contribution in [0.15, 0.2) is 34.0 Å². The van der Waals surface area contributed by atoms with Crippen LogP contribution in [0.2, 0.25) is 0 Å². The van der Waals surface area contributed by atoms with Crippen molar-refractivity contribution in [2.24, 2.45) is 0 Å². The second-order valence-corrected chi connectivity index (χ2v) is 6.62. The van der Waals surface area contributed by atoms with Crippen LogP contribution < -0.4 is 5.32 Å². The van der Waals surface area contributed by atoms with Crippen LogP contribution in [0.4, 0.5) is 0 Å². The van der Waals surface area contributed by atoms with Gasteiger partial charge >= 0.3 is 0 Å². The molecule has 0 bridgehead atoms. The van der Waals surface area contributed by atoms with Gasteiger partial charge in [0.2, 0.25) is 5.91 Å². The summed E-state index contributed by atoms with van der Waals surface area (Å²) in [7, 11) is 0. The maximum Gasteiger partial charge on any atom is 0.220 e. The molecule has 5 heteroatoms. The van der Waals surface area contributed by atoms with E-state index in [-0.39, 0.29) is 5.91 Å². The van der Waals surface area contributed by atoms with E-state index in [0.717, 1.165) is 21.3 Å². The Bertz CT molecular complexity index is 564. The normalized spacial score (nSPS) is 10.5. The van der Waals surface area contributed by atoms with Crippen molar-refractivity contribution >= 4 is 29.0 Å². The summed E-state index contributed by atoms with van der Waals surface area (Å²) in [5.74, 6) is 0.877. The Morgan fingerprint density at radius 3 is 2.80 bits per heavy atom. The van der Waals surface area contributed by atoms with E-state index in [1.165, 1.54) is 5.56 Å². The molecule has 1 N–H and O–H groups in total. The lowest BCUT2D eigenvalue weighted by Gasteiger charge is -2.00. The van der Waals surface area contributed by atoms with Gasteiger partial charge in [0, 0.05) is 29.7 Å². The van der Waals surface area contributed by atoms with Gasteiger partial charge in [-0.2, -0.15) is 0 Å². The van der Waals surface area contributed by atoms with E-state index in [2.05, 4.69) is 46.9 Å². The molecule has 0 aliphatic heterocycles. The highest BCUT2D eigenvalue weighted by molar-refractivity contribution is 8.01. The van der Waals surface area contributed by atoms with Crippen molar-refractivity contribution in [3.8, 4) is 11.3 Å². The Kier molecular flexibility index (Phi) is 5.61. The lowest BCUT2D eigenvalue weighted by molar-refractivity contribution is -0.120. The fourth-order valence-electron chi connectivity index (χ4n) is 1.70. The van der Waals surface area contributed by atoms with Gasteiger partial charge in [-0.25, -0.2) is 4.98 Å². The van der Waals surface area contributed by atoms with Gasteiger partial charge in [0.15, 0.2) is 4.34 Å². The number of carbonyl (C=O) groups excluding carboxylic acids is 1. The number of thioether (sulfide) groups is 1. The molecule has 1 aromatic heterocycles. The topological polar surface area (TPSA) is 42.0 Å². The van der Waals surface area contributed by atoms with Crippen molar-refractivity contribution in [1.29, 1.82) is 0 Å². The number of aromatic nitrogens is 1. The summed E-state index contributed by atoms with van der Waals surface area (Å²) in [6.07, 6.45) is 0.540. The zero-order chi connectivity index (χ0) is 14.4. The molecule has 0 spiro atoms. The molecule has 1 aromatic carbocycles. The second kappa shape index (κ2) is 7.45. The first-order valence-electron chi connectivity index (χ1n) is 6.61. The minimum Gasteiger partial charge on any atom is -0.356 e. The van der Waals surface area contributed by atoms with Crippen LogP contribution in [-0.4, -0.2) is 23.2 Å². The van der Waals surface area contributed by atoms with Gasteiger partial charge in [0.25, 0.3) is 0 Å². The molecule has 106 valence electrons. The maximum atomic E-state index is 11.4. The Morgan fingerprint density at radius 1 is 1.35 bits per heavy atom. The van der Waals surface area contributed by atoms with Gasteiger partial charge in [-0.3, -0.25) is 4.79 Å². The van der Waals surface area contributed by atoms with Crippen LogP contribution in [0.3, 0.4) is 0 Å². The summed E-state index contributed by atoms with van der Waals surface area (Å²) in [6, 6.07) is 8.37. The first kappa shape index (κ1) is 15.1. The molecule has 3 nitrogen and oxygen atoms in total. The number of aryl methyl sites for hydroxylation is 1. The summed E-state index contributed by atoms with van der Waals surface area (Å²) in [5, 5.41) is 4.87. The monoisotopic (exact) mass is 306 g/mol. The fourth-order valence-corrected chi connectivity index (χ4v) is 3.54. The molecule has 1 heterocycles. The third-order valence-corrected chi connectivity index (χ3v) is 4.78. The highest BCUT2D eigenvalue weighted by atomic mass is 32.2. The quantitative estimate of drug-likeness (QED) is 0.827. The number of hydrogen-bond acceptors (Lipinski definition) is 4. The number of rotatable bonds is 6. The molecule has 2 rings (SSSR count). The highest BCUT2D eigenvalue weighted by Gasteiger charge is 2.06. The van der Waals surface area contributed by atoms with E-state index in [1.807, 2.05) is 6.92 Å². The molecule has 0 aliphatic carbocycles. The summed E-state index contributed by atoms with van der Waals surface area (Å²) in [4.78, 5) is 16.0. The third kappa shape index (κ3) is 4.35. The first-order valence-corrected chi connectivity index (χ1v) is 8.47. The summed E-state index contributed by atoms with van der Waals surface area (Å²) in [6.45, 7) is 4.70. The van der Waals surface area contributed by atoms with Crippen LogP contribution in [-0.2, 0) is 4.79 Å². The molecule has 20 heavy (non-hydrogen) atoms. The van der Waals surface area contributed by atoms with E-state index >= 15 is 0 Å². The molecule has 0 aliphatic rings. The highest BCUT2D eigenvalue weighted by Crippen LogP contribution is 2.28. The van der Waals surface area contributed by atoms with Crippen LogP contribution in [0, 0.1) is 6.92 Å². The number of thiazole rings is 1. The summed E-state index contributed by atoms with van der Waals surface area (Å²) >= 11 is 3.27. The molecule has 0 saturated heterocycles. The number of benzene rings is 1. The largest absolute Gasteiger partial charge is 0.356 e. The Balaban J connectivity index is 1.89. The van der Waals surface area contributed by atoms with E-state index in [9.17, 15) is 4.79 Å². The average molecular weight is 306 g/mol. The van der Waals surface area contributed by atoms with Gasteiger partial charge in [-0.15, -0.1) is 11.3 Å². The summed E-state index contributed by atoms with van der Waals surface area (Å²) < 4.78 is 1.02. The zero-order valence-electron chi connectivity index (χ0n) is 11.7. The molecule has 1 amide bonds. The molecule has 0 unspecified atom stereocenters. The van der Waals surface area contributed by atoms with Crippen molar-refractivity contribution in [2.45, 2.75) is 24.6 Å². The molecular formula is C15H18N2OS2. The van der Waals surface area contributed by atoms with Gasteiger partial charge in [-0.05, 0) is 13.8 Å². The van der Waals surface area contributed by atoms with E-state index < -0.39 is 0 Å². The van der Waals surface area contributed by atoms with Crippen LogP contribution in [0.5, 0.6) is 0 Å². The van der Waals surface area contributed by atoms with E-state index in [0.29, 0.717) is 13.0 Å². The van der Waals surface area contributed by atoms with Crippen LogP contribution in [0.1, 0.15) is 18.9 Å². The van der Waals surface area contributed by atoms with Gasteiger partial charge in [-0.1, -0.05) is 41.6 Å². The third-order valence-electron chi connectivity index (χ3n) is 2.76. The van der Waals surface area contributed by atoms with Gasteiger partial charge in [0.1, 0.15) is 0 Å². The van der Waals surface area contributed by atoms with E-state index in [1.54, 1.807) is 23.1 Å². The number of hydrogen-bond donors (Lipinski definition) is 1. The molecule has 2 aromatic rings. The Morgan fingerprint density at radius 2 is 2.10 bits per heavy atom. The van der Waals surface area contributed by atoms with Gasteiger partial charge < -0.3 is 5.32 Å². The Hall–Kier alpha value is -1.33. The smallest absolute Gasteiger partial charge is 0.220 e. The summed E-state index contributed by atoms with van der Waals surface area (Å²) in [5.41, 5.74) is 3.40. The maximum absolute atomic E-state index is 11.4. The van der Waals surface area contributed by atoms with Gasteiger partial charge in [0.05, 0.1) is 5.69 Å². The van der Waals surface area contributed by atoms with Crippen molar-refractivity contribution < 1.29 is 4.79 Å². The van der Waals surface area contributed by atoms with Crippen LogP contribution in [0.25, 0.3) is 11.3 Å². The van der Waals surface area contributed by atoms with Crippen LogP contribution >= 0.6 is 23.1 Å². The minimum atomic E-state index is 0.107. The molecule has 0 fully saturated rings. The lowest BCUT2D eigenvalue weighted by atomic mass is 10.1. The predicted molar refractivity (Wildman–Crippen MR) is 86.3 cm³/mol. The van der Waals surface area contributed by atoms with Crippen molar-refractivity contribution in [2.75, 3.05) is 12.3 Å². The predicted octanol–water partition coefficient (Wildman–Crippen LogP) is 3.74. The zero-order valence-corrected chi connectivity index (χ0v) is 13.3.